The molecule has 0 unspecified atom stereocenters. The normalized spacial score (nSPS) is 10.9. The number of aromatic nitrogens is 1. The molecule has 0 N–H and O–H groups in total. The predicted molar refractivity (Wildman–Crippen MR) is 113 cm³/mol. The highest BCUT2D eigenvalue weighted by atomic mass is 79.9. The molecule has 2 aromatic carbocycles. The molecule has 0 bridgehead atoms. The van der Waals surface area contributed by atoms with E-state index >= 15 is 0 Å². The maximum atomic E-state index is 13.0. The maximum absolute atomic E-state index is 13.0. The molecule has 0 saturated heterocycles. The summed E-state index contributed by atoms with van der Waals surface area (Å²) in [4.78, 5) is 26.1. The second kappa shape index (κ2) is 7.25. The summed E-state index contributed by atoms with van der Waals surface area (Å²) < 4.78 is 3.59. The summed E-state index contributed by atoms with van der Waals surface area (Å²) in [5, 5.41) is 0. The van der Waals surface area contributed by atoms with E-state index in [4.69, 9.17) is 0 Å². The number of nitrogens with zero attached hydrogens (tertiary/aromatic N) is 1. The van der Waals surface area contributed by atoms with Gasteiger partial charge in [-0.1, -0.05) is 37.9 Å². The lowest BCUT2D eigenvalue weighted by atomic mass is 10.0. The van der Waals surface area contributed by atoms with Crippen LogP contribution in [0.1, 0.15) is 32.0 Å². The second-order valence-electron chi connectivity index (χ2n) is 6.07. The van der Waals surface area contributed by atoms with E-state index in [1.165, 1.54) is 0 Å². The van der Waals surface area contributed by atoms with E-state index in [1.54, 1.807) is 40.9 Å². The van der Waals surface area contributed by atoms with Gasteiger partial charge in [-0.2, -0.15) is 0 Å². The number of hydrogen-bond donors (Lipinski definition) is 0. The number of rotatable bonds is 4. The monoisotopic (exact) mass is 481 g/mol. The molecule has 0 aliphatic carbocycles. The Hall–Kier alpha value is -2.50. The zero-order chi connectivity index (χ0) is 19.0. The molecule has 0 spiro atoms. The molecule has 0 atom stereocenters. The Morgan fingerprint density at radius 1 is 0.704 bits per heavy atom. The Bertz CT molecular complexity index is 1070. The molecule has 2 aromatic heterocycles. The fourth-order valence-electron chi connectivity index (χ4n) is 3.02. The number of carbonyl (C=O) groups is 2. The fourth-order valence-corrected chi connectivity index (χ4v) is 3.54. The van der Waals surface area contributed by atoms with Crippen molar-refractivity contribution in [3.8, 4) is 0 Å². The van der Waals surface area contributed by atoms with Gasteiger partial charge in [0.1, 0.15) is 0 Å². The van der Waals surface area contributed by atoms with Crippen molar-refractivity contribution < 1.29 is 9.59 Å². The van der Waals surface area contributed by atoms with Gasteiger partial charge >= 0.3 is 0 Å². The highest BCUT2D eigenvalue weighted by Crippen LogP contribution is 2.24. The average molecular weight is 483 g/mol. The lowest BCUT2D eigenvalue weighted by Crippen LogP contribution is -2.04. The van der Waals surface area contributed by atoms with E-state index in [-0.39, 0.29) is 11.6 Å². The van der Waals surface area contributed by atoms with Gasteiger partial charge in [-0.15, -0.1) is 0 Å². The number of pyridine rings is 1. The first-order valence-electron chi connectivity index (χ1n) is 8.25. The minimum atomic E-state index is -0.126. The van der Waals surface area contributed by atoms with Gasteiger partial charge in [0.2, 0.25) is 5.78 Å². The molecular weight excluding hydrogens is 470 g/mol. The van der Waals surface area contributed by atoms with E-state index in [1.807, 2.05) is 42.5 Å². The van der Waals surface area contributed by atoms with Gasteiger partial charge in [-0.25, -0.2) is 0 Å². The first kappa shape index (κ1) is 17.9. The summed E-state index contributed by atoms with van der Waals surface area (Å²) in [5.74, 6) is -0.236. The molecule has 0 aliphatic rings. The van der Waals surface area contributed by atoms with Gasteiger partial charge in [0.25, 0.3) is 0 Å². The van der Waals surface area contributed by atoms with Crippen molar-refractivity contribution in [2.45, 2.75) is 0 Å². The third-order valence-corrected chi connectivity index (χ3v) is 5.42. The zero-order valence-electron chi connectivity index (χ0n) is 14.0. The maximum Gasteiger partial charge on any atom is 0.209 e. The Morgan fingerprint density at radius 3 is 1.85 bits per heavy atom. The minimum absolute atomic E-state index is 0.110. The van der Waals surface area contributed by atoms with Crippen LogP contribution in [-0.2, 0) is 0 Å². The van der Waals surface area contributed by atoms with E-state index in [0.29, 0.717) is 27.9 Å². The highest BCUT2D eigenvalue weighted by molar-refractivity contribution is 9.10. The Kier molecular flexibility index (Phi) is 4.81. The predicted octanol–water partition coefficient (Wildman–Crippen LogP) is 5.93. The smallest absolute Gasteiger partial charge is 0.209 e. The Labute approximate surface area is 172 Å². The van der Waals surface area contributed by atoms with Crippen molar-refractivity contribution in [1.29, 1.82) is 0 Å². The first-order valence-corrected chi connectivity index (χ1v) is 9.84. The molecule has 4 rings (SSSR count). The largest absolute Gasteiger partial charge is 0.313 e. The van der Waals surface area contributed by atoms with Gasteiger partial charge in [-0.05, 0) is 66.7 Å². The number of hydrogen-bond acceptors (Lipinski definition) is 2. The number of halogens is 2. The molecular formula is C22H13Br2NO2. The molecule has 0 saturated carbocycles. The quantitative estimate of drug-likeness (QED) is 0.338. The van der Waals surface area contributed by atoms with Crippen LogP contribution in [0.25, 0.3) is 5.52 Å². The Morgan fingerprint density at radius 2 is 1.26 bits per heavy atom. The fraction of sp³-hybridized carbons (Fsp3) is 0. The molecule has 0 fully saturated rings. The first-order chi connectivity index (χ1) is 13.0. The summed E-state index contributed by atoms with van der Waals surface area (Å²) in [6, 6.07) is 21.7. The minimum Gasteiger partial charge on any atom is -0.313 e. The van der Waals surface area contributed by atoms with Crippen molar-refractivity contribution in [3.05, 3.63) is 110 Å². The number of fused-ring (bicyclic) bond motifs is 1. The van der Waals surface area contributed by atoms with Crippen molar-refractivity contribution in [3.63, 3.8) is 0 Å². The highest BCUT2D eigenvalue weighted by Gasteiger charge is 2.21. The van der Waals surface area contributed by atoms with Crippen LogP contribution in [0.3, 0.4) is 0 Å². The van der Waals surface area contributed by atoms with Crippen LogP contribution in [0, 0.1) is 0 Å². The lowest BCUT2D eigenvalue weighted by Gasteiger charge is -2.03. The topological polar surface area (TPSA) is 38.5 Å². The Balaban J connectivity index is 1.84. The number of carbonyl (C=O) groups excluding carboxylic acids is 2. The third-order valence-electron chi connectivity index (χ3n) is 4.37. The summed E-state index contributed by atoms with van der Waals surface area (Å²) in [7, 11) is 0. The number of benzene rings is 2. The van der Waals surface area contributed by atoms with Gasteiger partial charge in [0.15, 0.2) is 5.78 Å². The molecule has 2 heterocycles. The summed E-state index contributed by atoms with van der Waals surface area (Å²) >= 11 is 6.76. The van der Waals surface area contributed by atoms with Crippen molar-refractivity contribution in [2.75, 3.05) is 0 Å². The summed E-state index contributed by atoms with van der Waals surface area (Å²) in [5.41, 5.74) is 2.85. The summed E-state index contributed by atoms with van der Waals surface area (Å²) in [6.45, 7) is 0. The van der Waals surface area contributed by atoms with Crippen LogP contribution in [0.15, 0.2) is 87.9 Å². The van der Waals surface area contributed by atoms with Gasteiger partial charge in [0, 0.05) is 31.8 Å². The van der Waals surface area contributed by atoms with Gasteiger partial charge in [0.05, 0.1) is 11.2 Å². The molecule has 4 aromatic rings. The lowest BCUT2D eigenvalue weighted by molar-refractivity contribution is 0.103. The zero-order valence-corrected chi connectivity index (χ0v) is 17.2. The summed E-state index contributed by atoms with van der Waals surface area (Å²) in [6.07, 6.45) is 1.81. The molecule has 132 valence electrons. The second-order valence-corrected chi connectivity index (χ2v) is 7.90. The van der Waals surface area contributed by atoms with Crippen LogP contribution in [0.5, 0.6) is 0 Å². The van der Waals surface area contributed by atoms with Crippen LogP contribution in [0.2, 0.25) is 0 Å². The third kappa shape index (κ3) is 3.40. The molecule has 0 amide bonds. The standard InChI is InChI=1S/C22H13Br2NO2/c23-16-8-4-14(5-9-16)21(26)18-13-20(25-12-2-1-3-19(18)25)22(27)15-6-10-17(24)11-7-15/h1-13H. The van der Waals surface area contributed by atoms with Crippen LogP contribution >= 0.6 is 31.9 Å². The van der Waals surface area contributed by atoms with Crippen LogP contribution < -0.4 is 0 Å². The molecule has 27 heavy (non-hydrogen) atoms. The van der Waals surface area contributed by atoms with Crippen molar-refractivity contribution in [1.82, 2.24) is 4.40 Å². The molecule has 5 heteroatoms. The van der Waals surface area contributed by atoms with E-state index in [0.717, 1.165) is 8.95 Å². The van der Waals surface area contributed by atoms with Crippen LogP contribution in [0.4, 0.5) is 0 Å². The van der Waals surface area contributed by atoms with Crippen molar-refractivity contribution >= 4 is 48.9 Å². The molecule has 0 radical (unpaired) electrons. The van der Waals surface area contributed by atoms with Gasteiger partial charge < -0.3 is 4.40 Å². The SMILES string of the molecule is O=C(c1ccc(Br)cc1)c1cc(C(=O)c2ccc(Br)cc2)n2ccccc12. The molecule has 3 nitrogen and oxygen atoms in total. The molecule has 0 aliphatic heterocycles. The van der Waals surface area contributed by atoms with E-state index in [9.17, 15) is 9.59 Å². The average Bonchev–Trinajstić information content (AvgIpc) is 3.08. The number of ketones is 2. The van der Waals surface area contributed by atoms with Crippen molar-refractivity contribution in [2.24, 2.45) is 0 Å². The van der Waals surface area contributed by atoms with E-state index in [2.05, 4.69) is 31.9 Å². The van der Waals surface area contributed by atoms with Crippen LogP contribution in [-0.4, -0.2) is 16.0 Å². The van der Waals surface area contributed by atoms with E-state index < -0.39 is 0 Å². The van der Waals surface area contributed by atoms with Gasteiger partial charge in [-0.3, -0.25) is 9.59 Å².